The number of carbonyl (C=O) groups excluding carboxylic acids is 1. The summed E-state index contributed by atoms with van der Waals surface area (Å²) in [6.07, 6.45) is 0. The molecule has 0 radical (unpaired) electrons. The van der Waals surface area contributed by atoms with Gasteiger partial charge in [0, 0.05) is 11.1 Å². The number of aryl methyl sites for hydroxylation is 2. The van der Waals surface area contributed by atoms with Gasteiger partial charge in [0.15, 0.2) is 5.78 Å². The van der Waals surface area contributed by atoms with Crippen molar-refractivity contribution < 1.29 is 9.53 Å². The van der Waals surface area contributed by atoms with Gasteiger partial charge in [-0.2, -0.15) is 0 Å². The quantitative estimate of drug-likeness (QED) is 0.764. The van der Waals surface area contributed by atoms with Crippen LogP contribution in [0.15, 0.2) is 36.4 Å². The zero-order chi connectivity index (χ0) is 13.4. The number of hydrogen-bond donors (Lipinski definition) is 0. The molecule has 0 aliphatic carbocycles. The van der Waals surface area contributed by atoms with Crippen LogP contribution in [-0.2, 0) is 18.0 Å². The fourth-order valence-corrected chi connectivity index (χ4v) is 2.45. The summed E-state index contributed by atoms with van der Waals surface area (Å²) in [6.45, 7) is 5.26. The van der Waals surface area contributed by atoms with Crippen LogP contribution in [-0.4, -0.2) is 5.78 Å². The van der Waals surface area contributed by atoms with E-state index in [-0.39, 0.29) is 5.78 Å². The largest absolute Gasteiger partial charge is 0.372 e. The standard InChI is InChI=1S/C17H16O2/c1-11-3-4-12(2)16(7-11)17(18)13-5-6-14-9-19-10-15(14)8-13/h3-8H,9-10H2,1-2H3. The molecule has 0 atom stereocenters. The lowest BCUT2D eigenvalue weighted by atomic mass is 9.95. The van der Waals surface area contributed by atoms with Crippen molar-refractivity contribution in [2.75, 3.05) is 0 Å². The van der Waals surface area contributed by atoms with Crippen LogP contribution in [0.25, 0.3) is 0 Å². The second-order valence-corrected chi connectivity index (χ2v) is 5.12. The zero-order valence-electron chi connectivity index (χ0n) is 11.2. The number of benzene rings is 2. The molecular formula is C17H16O2. The predicted molar refractivity (Wildman–Crippen MR) is 74.3 cm³/mol. The summed E-state index contributed by atoms with van der Waals surface area (Å²) < 4.78 is 5.39. The lowest BCUT2D eigenvalue weighted by molar-refractivity contribution is 0.103. The van der Waals surface area contributed by atoms with Gasteiger partial charge in [0.05, 0.1) is 13.2 Å². The molecule has 0 saturated heterocycles. The first kappa shape index (κ1) is 12.1. The van der Waals surface area contributed by atoms with E-state index in [1.54, 1.807) is 0 Å². The van der Waals surface area contributed by atoms with Gasteiger partial charge in [-0.05, 0) is 42.7 Å². The van der Waals surface area contributed by atoms with Crippen molar-refractivity contribution in [3.8, 4) is 0 Å². The minimum Gasteiger partial charge on any atom is -0.372 e. The molecule has 0 amide bonds. The van der Waals surface area contributed by atoms with Gasteiger partial charge in [0.2, 0.25) is 0 Å². The number of hydrogen-bond acceptors (Lipinski definition) is 2. The van der Waals surface area contributed by atoms with Gasteiger partial charge in [0.1, 0.15) is 0 Å². The molecule has 1 aliphatic rings. The number of ketones is 1. The van der Waals surface area contributed by atoms with Crippen molar-refractivity contribution in [2.24, 2.45) is 0 Å². The third-order valence-corrected chi connectivity index (χ3v) is 3.62. The summed E-state index contributed by atoms with van der Waals surface area (Å²) >= 11 is 0. The van der Waals surface area contributed by atoms with Crippen LogP contribution in [0.2, 0.25) is 0 Å². The van der Waals surface area contributed by atoms with E-state index in [2.05, 4.69) is 0 Å². The van der Waals surface area contributed by atoms with Crippen molar-refractivity contribution in [3.63, 3.8) is 0 Å². The van der Waals surface area contributed by atoms with Crippen LogP contribution >= 0.6 is 0 Å². The van der Waals surface area contributed by atoms with Gasteiger partial charge in [-0.1, -0.05) is 29.8 Å². The molecule has 2 heteroatoms. The van der Waals surface area contributed by atoms with Crippen molar-refractivity contribution >= 4 is 5.78 Å². The molecule has 0 saturated carbocycles. The van der Waals surface area contributed by atoms with Crippen LogP contribution in [0.3, 0.4) is 0 Å². The van der Waals surface area contributed by atoms with E-state index in [0.717, 1.165) is 27.8 Å². The highest BCUT2D eigenvalue weighted by atomic mass is 16.5. The molecule has 3 rings (SSSR count). The van der Waals surface area contributed by atoms with E-state index >= 15 is 0 Å². The van der Waals surface area contributed by atoms with E-state index < -0.39 is 0 Å². The van der Waals surface area contributed by atoms with Crippen LogP contribution < -0.4 is 0 Å². The van der Waals surface area contributed by atoms with Gasteiger partial charge in [-0.15, -0.1) is 0 Å². The molecule has 19 heavy (non-hydrogen) atoms. The third kappa shape index (κ3) is 2.20. The van der Waals surface area contributed by atoms with E-state index in [0.29, 0.717) is 13.2 Å². The molecule has 1 aliphatic heterocycles. The van der Waals surface area contributed by atoms with Crippen molar-refractivity contribution in [2.45, 2.75) is 27.1 Å². The maximum atomic E-state index is 12.6. The molecule has 0 unspecified atom stereocenters. The van der Waals surface area contributed by atoms with Crippen LogP contribution in [0.4, 0.5) is 0 Å². The normalized spacial score (nSPS) is 13.4. The number of carbonyl (C=O) groups is 1. The first-order chi connectivity index (χ1) is 9.15. The zero-order valence-corrected chi connectivity index (χ0v) is 11.2. The van der Waals surface area contributed by atoms with Crippen LogP contribution in [0.1, 0.15) is 38.2 Å². The fraction of sp³-hybridized carbons (Fsp3) is 0.235. The van der Waals surface area contributed by atoms with Crippen LogP contribution in [0.5, 0.6) is 0 Å². The van der Waals surface area contributed by atoms with Crippen molar-refractivity contribution in [3.05, 3.63) is 69.8 Å². The van der Waals surface area contributed by atoms with Gasteiger partial charge < -0.3 is 4.74 Å². The highest BCUT2D eigenvalue weighted by Crippen LogP contribution is 2.23. The third-order valence-electron chi connectivity index (χ3n) is 3.62. The second kappa shape index (κ2) is 4.63. The Labute approximate surface area is 113 Å². The number of rotatable bonds is 2. The summed E-state index contributed by atoms with van der Waals surface area (Å²) in [4.78, 5) is 12.6. The lowest BCUT2D eigenvalue weighted by Crippen LogP contribution is -2.05. The smallest absolute Gasteiger partial charge is 0.193 e. The molecule has 96 valence electrons. The molecule has 2 nitrogen and oxygen atoms in total. The molecule has 0 spiro atoms. The highest BCUT2D eigenvalue weighted by molar-refractivity contribution is 6.10. The summed E-state index contributed by atoms with van der Waals surface area (Å²) in [5.41, 5.74) is 6.00. The maximum Gasteiger partial charge on any atom is 0.193 e. The summed E-state index contributed by atoms with van der Waals surface area (Å²) in [5, 5.41) is 0. The molecule has 0 N–H and O–H groups in total. The Hall–Kier alpha value is -1.93. The Bertz CT molecular complexity index is 656. The highest BCUT2D eigenvalue weighted by Gasteiger charge is 2.16. The van der Waals surface area contributed by atoms with Gasteiger partial charge in [0.25, 0.3) is 0 Å². The Morgan fingerprint density at radius 2 is 1.79 bits per heavy atom. The second-order valence-electron chi connectivity index (χ2n) is 5.12. The summed E-state index contributed by atoms with van der Waals surface area (Å²) in [7, 11) is 0. The molecule has 2 aromatic carbocycles. The molecule has 0 aromatic heterocycles. The predicted octanol–water partition coefficient (Wildman–Crippen LogP) is 3.56. The SMILES string of the molecule is Cc1ccc(C)c(C(=O)c2ccc3c(c2)COC3)c1. The summed E-state index contributed by atoms with van der Waals surface area (Å²) in [6, 6.07) is 11.9. The number of fused-ring (bicyclic) bond motifs is 1. The van der Waals surface area contributed by atoms with Crippen molar-refractivity contribution in [1.29, 1.82) is 0 Å². The summed E-state index contributed by atoms with van der Waals surface area (Å²) in [5.74, 6) is 0.0934. The van der Waals surface area contributed by atoms with Crippen LogP contribution in [0, 0.1) is 13.8 Å². The van der Waals surface area contributed by atoms with Gasteiger partial charge >= 0.3 is 0 Å². The van der Waals surface area contributed by atoms with E-state index in [9.17, 15) is 4.79 Å². The Kier molecular flexibility index (Phi) is 2.96. The first-order valence-electron chi connectivity index (χ1n) is 6.46. The van der Waals surface area contributed by atoms with Crippen molar-refractivity contribution in [1.82, 2.24) is 0 Å². The first-order valence-corrected chi connectivity index (χ1v) is 6.46. The van der Waals surface area contributed by atoms with E-state index in [4.69, 9.17) is 4.74 Å². The van der Waals surface area contributed by atoms with Gasteiger partial charge in [-0.25, -0.2) is 0 Å². The number of ether oxygens (including phenoxy) is 1. The Morgan fingerprint density at radius 3 is 2.63 bits per heavy atom. The Balaban J connectivity index is 2.02. The molecule has 1 heterocycles. The Morgan fingerprint density at radius 1 is 1.00 bits per heavy atom. The average molecular weight is 252 g/mol. The lowest BCUT2D eigenvalue weighted by Gasteiger charge is -2.07. The van der Waals surface area contributed by atoms with Gasteiger partial charge in [-0.3, -0.25) is 4.79 Å². The average Bonchev–Trinajstić information content (AvgIpc) is 2.88. The monoisotopic (exact) mass is 252 g/mol. The fourth-order valence-electron chi connectivity index (χ4n) is 2.45. The maximum absolute atomic E-state index is 12.6. The molecule has 0 bridgehead atoms. The molecule has 2 aromatic rings. The molecule has 0 fully saturated rings. The van der Waals surface area contributed by atoms with E-state index in [1.807, 2.05) is 50.2 Å². The minimum absolute atomic E-state index is 0.0934. The van der Waals surface area contributed by atoms with E-state index in [1.165, 1.54) is 5.56 Å². The molecular weight excluding hydrogens is 236 g/mol. The topological polar surface area (TPSA) is 26.3 Å². The minimum atomic E-state index is 0.0934.